The van der Waals surface area contributed by atoms with E-state index in [2.05, 4.69) is 23.7 Å². The molecule has 14 heavy (non-hydrogen) atoms. The minimum absolute atomic E-state index is 0.797. The molecule has 2 aliphatic heterocycles. The quantitative estimate of drug-likeness (QED) is 0.715. The van der Waals surface area contributed by atoms with Crippen molar-refractivity contribution in [1.82, 2.24) is 4.90 Å². The fourth-order valence-electron chi connectivity index (χ4n) is 3.02. The smallest absolute Gasteiger partial charge is 0.0214 e. The number of rotatable bonds is 1. The van der Waals surface area contributed by atoms with Crippen LogP contribution in [0.5, 0.6) is 0 Å². The second-order valence-corrected chi connectivity index (χ2v) is 5.86. The summed E-state index contributed by atoms with van der Waals surface area (Å²) in [6.07, 6.45) is 4.09. The molecule has 2 N–H and O–H groups in total. The van der Waals surface area contributed by atoms with Crippen LogP contribution in [0, 0.1) is 11.8 Å². The molecule has 0 aromatic heterocycles. The summed E-state index contributed by atoms with van der Waals surface area (Å²) in [6.45, 7) is 2.18. The second kappa shape index (κ2) is 4.86. The lowest BCUT2D eigenvalue weighted by atomic mass is 9.82. The van der Waals surface area contributed by atoms with Crippen molar-refractivity contribution in [2.45, 2.75) is 25.3 Å². The van der Waals surface area contributed by atoms with Crippen LogP contribution >= 0.6 is 11.8 Å². The number of thioether (sulfide) groups is 1. The Labute approximate surface area is 91.6 Å². The molecule has 3 unspecified atom stereocenters. The molecule has 0 aliphatic carbocycles. The SMILES string of the molecule is CN1CCCC(CN)C2CCSCC21. The summed E-state index contributed by atoms with van der Waals surface area (Å²) in [6, 6.07) is 0.810. The van der Waals surface area contributed by atoms with E-state index in [9.17, 15) is 0 Å². The highest BCUT2D eigenvalue weighted by Gasteiger charge is 2.35. The summed E-state index contributed by atoms with van der Waals surface area (Å²) < 4.78 is 0. The fraction of sp³-hybridized carbons (Fsp3) is 1.00. The molecule has 0 spiro atoms. The van der Waals surface area contributed by atoms with Gasteiger partial charge in [-0.3, -0.25) is 0 Å². The number of nitrogens with two attached hydrogens (primary N) is 1. The molecule has 3 atom stereocenters. The lowest BCUT2D eigenvalue weighted by molar-refractivity contribution is 0.172. The van der Waals surface area contributed by atoms with Crippen LogP contribution in [0.1, 0.15) is 19.3 Å². The standard InChI is InChI=1S/C11H22N2S/c1-13-5-2-3-9(7-12)10-4-6-14-8-11(10)13/h9-11H,2-8,12H2,1H3. The predicted molar refractivity (Wildman–Crippen MR) is 63.6 cm³/mol. The maximum atomic E-state index is 5.90. The predicted octanol–water partition coefficient (Wildman–Crippen LogP) is 1.41. The van der Waals surface area contributed by atoms with Gasteiger partial charge in [0.1, 0.15) is 0 Å². The van der Waals surface area contributed by atoms with E-state index < -0.39 is 0 Å². The molecule has 0 saturated carbocycles. The van der Waals surface area contributed by atoms with Gasteiger partial charge in [0.2, 0.25) is 0 Å². The minimum atomic E-state index is 0.797. The first kappa shape index (κ1) is 10.8. The summed E-state index contributed by atoms with van der Waals surface area (Å²) in [5.41, 5.74) is 5.90. The van der Waals surface area contributed by atoms with Gasteiger partial charge in [-0.25, -0.2) is 0 Å². The molecule has 2 fully saturated rings. The van der Waals surface area contributed by atoms with Crippen LogP contribution < -0.4 is 5.73 Å². The van der Waals surface area contributed by atoms with Gasteiger partial charge in [0.25, 0.3) is 0 Å². The Bertz CT molecular complexity index is 186. The highest BCUT2D eigenvalue weighted by Crippen LogP contribution is 2.35. The number of hydrogen-bond donors (Lipinski definition) is 1. The van der Waals surface area contributed by atoms with E-state index in [1.165, 1.54) is 37.3 Å². The first-order valence-electron chi connectivity index (χ1n) is 5.81. The van der Waals surface area contributed by atoms with Gasteiger partial charge in [-0.1, -0.05) is 0 Å². The van der Waals surface area contributed by atoms with Crippen LogP contribution in [0.3, 0.4) is 0 Å². The molecule has 0 radical (unpaired) electrons. The molecule has 82 valence electrons. The van der Waals surface area contributed by atoms with Gasteiger partial charge in [0.15, 0.2) is 0 Å². The molecule has 3 heteroatoms. The van der Waals surface area contributed by atoms with E-state index in [1.807, 2.05) is 0 Å². The number of hydrogen-bond acceptors (Lipinski definition) is 3. The molecule has 0 bridgehead atoms. The van der Waals surface area contributed by atoms with Crippen molar-refractivity contribution in [2.24, 2.45) is 17.6 Å². The first-order valence-corrected chi connectivity index (χ1v) is 6.96. The van der Waals surface area contributed by atoms with E-state index in [0.29, 0.717) is 0 Å². The summed E-state index contributed by atoms with van der Waals surface area (Å²) in [7, 11) is 2.29. The Morgan fingerprint density at radius 3 is 3.07 bits per heavy atom. The molecule has 2 saturated heterocycles. The monoisotopic (exact) mass is 214 g/mol. The van der Waals surface area contributed by atoms with Crippen LogP contribution in [0.4, 0.5) is 0 Å². The highest BCUT2D eigenvalue weighted by molar-refractivity contribution is 7.99. The molecule has 0 aromatic carbocycles. The van der Waals surface area contributed by atoms with Gasteiger partial charge in [-0.05, 0) is 57.0 Å². The summed E-state index contributed by atoms with van der Waals surface area (Å²) in [5, 5.41) is 0. The Morgan fingerprint density at radius 2 is 2.29 bits per heavy atom. The van der Waals surface area contributed by atoms with Crippen molar-refractivity contribution in [3.05, 3.63) is 0 Å². The van der Waals surface area contributed by atoms with Crippen molar-refractivity contribution >= 4 is 11.8 Å². The molecule has 2 heterocycles. The molecular formula is C11H22N2S. The molecular weight excluding hydrogens is 192 g/mol. The Morgan fingerprint density at radius 1 is 1.43 bits per heavy atom. The van der Waals surface area contributed by atoms with E-state index in [-0.39, 0.29) is 0 Å². The van der Waals surface area contributed by atoms with Gasteiger partial charge >= 0.3 is 0 Å². The van der Waals surface area contributed by atoms with Crippen LogP contribution in [-0.4, -0.2) is 42.6 Å². The van der Waals surface area contributed by atoms with E-state index >= 15 is 0 Å². The Kier molecular flexibility index (Phi) is 3.74. The number of fused-ring (bicyclic) bond motifs is 1. The Balaban J connectivity index is 2.09. The third-order valence-corrected chi connectivity index (χ3v) is 5.04. The van der Waals surface area contributed by atoms with Crippen LogP contribution in [0.25, 0.3) is 0 Å². The van der Waals surface area contributed by atoms with Gasteiger partial charge in [0.05, 0.1) is 0 Å². The minimum Gasteiger partial charge on any atom is -0.330 e. The lowest BCUT2D eigenvalue weighted by Gasteiger charge is -2.38. The van der Waals surface area contributed by atoms with Crippen LogP contribution in [0.15, 0.2) is 0 Å². The lowest BCUT2D eigenvalue weighted by Crippen LogP contribution is -2.44. The Hall–Kier alpha value is 0.270. The van der Waals surface area contributed by atoms with Crippen molar-refractivity contribution in [1.29, 1.82) is 0 Å². The average Bonchev–Trinajstić information content (AvgIpc) is 2.39. The maximum Gasteiger partial charge on any atom is 0.0214 e. The summed E-state index contributed by atoms with van der Waals surface area (Å²) in [5.74, 6) is 4.36. The first-order chi connectivity index (χ1) is 6.83. The van der Waals surface area contributed by atoms with Crippen molar-refractivity contribution in [3.63, 3.8) is 0 Å². The highest BCUT2D eigenvalue weighted by atomic mass is 32.2. The molecule has 0 aromatic rings. The average molecular weight is 214 g/mol. The van der Waals surface area contributed by atoms with Gasteiger partial charge in [-0.15, -0.1) is 0 Å². The zero-order valence-corrected chi connectivity index (χ0v) is 9.93. The van der Waals surface area contributed by atoms with E-state index in [1.54, 1.807) is 0 Å². The fourth-order valence-corrected chi connectivity index (χ4v) is 4.37. The van der Waals surface area contributed by atoms with E-state index in [0.717, 1.165) is 24.4 Å². The maximum absolute atomic E-state index is 5.90. The topological polar surface area (TPSA) is 29.3 Å². The van der Waals surface area contributed by atoms with Crippen LogP contribution in [-0.2, 0) is 0 Å². The largest absolute Gasteiger partial charge is 0.330 e. The van der Waals surface area contributed by atoms with Gasteiger partial charge < -0.3 is 10.6 Å². The van der Waals surface area contributed by atoms with Crippen molar-refractivity contribution < 1.29 is 0 Å². The van der Waals surface area contributed by atoms with Crippen molar-refractivity contribution in [3.8, 4) is 0 Å². The van der Waals surface area contributed by atoms with Gasteiger partial charge in [0, 0.05) is 11.8 Å². The molecule has 2 aliphatic rings. The van der Waals surface area contributed by atoms with Gasteiger partial charge in [-0.2, -0.15) is 11.8 Å². The van der Waals surface area contributed by atoms with E-state index in [4.69, 9.17) is 5.73 Å². The molecule has 0 amide bonds. The molecule has 2 nitrogen and oxygen atoms in total. The third kappa shape index (κ3) is 2.10. The second-order valence-electron chi connectivity index (χ2n) is 4.71. The third-order valence-electron chi connectivity index (χ3n) is 3.94. The number of nitrogens with zero attached hydrogens (tertiary/aromatic N) is 1. The summed E-state index contributed by atoms with van der Waals surface area (Å²) >= 11 is 2.12. The zero-order chi connectivity index (χ0) is 9.97. The normalized spacial score (nSPS) is 40.3. The zero-order valence-electron chi connectivity index (χ0n) is 9.11. The molecule has 2 rings (SSSR count). The van der Waals surface area contributed by atoms with Crippen LogP contribution in [0.2, 0.25) is 0 Å². The van der Waals surface area contributed by atoms with Crippen molar-refractivity contribution in [2.75, 3.05) is 31.6 Å². The number of likely N-dealkylation sites (tertiary alicyclic amines) is 1. The summed E-state index contributed by atoms with van der Waals surface area (Å²) in [4.78, 5) is 2.58.